The molecule has 3 heteroatoms. The summed E-state index contributed by atoms with van der Waals surface area (Å²) in [6.07, 6.45) is 0. The van der Waals surface area contributed by atoms with E-state index in [0.717, 1.165) is 27.7 Å². The molecule has 98 valence electrons. The van der Waals surface area contributed by atoms with Gasteiger partial charge >= 0.3 is 5.97 Å². The minimum atomic E-state index is -0.912. The number of aromatic nitrogens is 1. The Hall–Kier alpha value is -2.68. The molecular formula is C17H13NO2. The molecule has 2 aromatic carbocycles. The van der Waals surface area contributed by atoms with Crippen molar-refractivity contribution in [1.29, 1.82) is 0 Å². The summed E-state index contributed by atoms with van der Waals surface area (Å²) in [5.74, 6) is -0.912. The molecule has 3 aromatic rings. The fourth-order valence-electron chi connectivity index (χ4n) is 2.40. The van der Waals surface area contributed by atoms with Crippen LogP contribution in [-0.2, 0) is 0 Å². The molecule has 1 heterocycles. The first kappa shape index (κ1) is 12.4. The minimum Gasteiger partial charge on any atom is -0.478 e. The number of rotatable bonds is 2. The lowest BCUT2D eigenvalue weighted by molar-refractivity contribution is 0.0699. The van der Waals surface area contributed by atoms with Crippen LogP contribution in [0.15, 0.2) is 54.6 Å². The number of pyridine rings is 1. The van der Waals surface area contributed by atoms with Gasteiger partial charge in [0.1, 0.15) is 0 Å². The van der Waals surface area contributed by atoms with Crippen molar-refractivity contribution in [2.24, 2.45) is 0 Å². The van der Waals surface area contributed by atoms with Crippen LogP contribution in [0.1, 0.15) is 16.1 Å². The van der Waals surface area contributed by atoms with Crippen LogP contribution in [0.3, 0.4) is 0 Å². The second-order valence-electron chi connectivity index (χ2n) is 4.68. The van der Waals surface area contributed by atoms with E-state index in [-0.39, 0.29) is 0 Å². The van der Waals surface area contributed by atoms with Gasteiger partial charge in [0.2, 0.25) is 0 Å². The number of hydrogen-bond donors (Lipinski definition) is 1. The molecule has 0 radical (unpaired) electrons. The van der Waals surface area contributed by atoms with Crippen LogP contribution in [0.4, 0.5) is 0 Å². The second-order valence-corrected chi connectivity index (χ2v) is 4.68. The van der Waals surface area contributed by atoms with Crippen molar-refractivity contribution in [3.63, 3.8) is 0 Å². The Morgan fingerprint density at radius 1 is 0.950 bits per heavy atom. The van der Waals surface area contributed by atoms with Crippen molar-refractivity contribution in [1.82, 2.24) is 4.98 Å². The number of carbonyl (C=O) groups is 1. The van der Waals surface area contributed by atoms with E-state index in [1.54, 1.807) is 6.07 Å². The predicted molar refractivity (Wildman–Crippen MR) is 78.9 cm³/mol. The Balaban J connectivity index is 2.33. The highest BCUT2D eigenvalue weighted by Gasteiger charge is 2.12. The van der Waals surface area contributed by atoms with Crippen molar-refractivity contribution in [2.45, 2.75) is 6.92 Å². The number of aryl methyl sites for hydroxylation is 1. The Morgan fingerprint density at radius 2 is 1.70 bits per heavy atom. The zero-order chi connectivity index (χ0) is 14.1. The summed E-state index contributed by atoms with van der Waals surface area (Å²) in [5, 5.41) is 10.9. The molecule has 0 unspecified atom stereocenters. The Bertz CT molecular complexity index is 809. The molecule has 0 aliphatic carbocycles. The van der Waals surface area contributed by atoms with Crippen LogP contribution < -0.4 is 0 Å². The molecule has 0 bridgehead atoms. The lowest BCUT2D eigenvalue weighted by Gasteiger charge is -2.09. The van der Waals surface area contributed by atoms with E-state index in [1.165, 1.54) is 0 Å². The minimum absolute atomic E-state index is 0.317. The van der Waals surface area contributed by atoms with E-state index in [4.69, 9.17) is 0 Å². The summed E-state index contributed by atoms with van der Waals surface area (Å²) in [6.45, 7) is 1.94. The first-order chi connectivity index (χ1) is 9.66. The number of nitrogens with zero attached hydrogens (tertiary/aromatic N) is 1. The van der Waals surface area contributed by atoms with Gasteiger partial charge in [-0.3, -0.25) is 4.98 Å². The summed E-state index contributed by atoms with van der Waals surface area (Å²) < 4.78 is 0. The maximum absolute atomic E-state index is 11.3. The summed E-state index contributed by atoms with van der Waals surface area (Å²) in [6, 6.07) is 16.8. The van der Waals surface area contributed by atoms with Crippen LogP contribution in [0.25, 0.3) is 22.0 Å². The third-order valence-electron chi connectivity index (χ3n) is 3.32. The van der Waals surface area contributed by atoms with Crippen molar-refractivity contribution < 1.29 is 9.90 Å². The smallest absolute Gasteiger partial charge is 0.336 e. The largest absolute Gasteiger partial charge is 0.478 e. The molecule has 0 aliphatic heterocycles. The normalized spacial score (nSPS) is 10.7. The van der Waals surface area contributed by atoms with Gasteiger partial charge in [0.25, 0.3) is 0 Å². The van der Waals surface area contributed by atoms with Gasteiger partial charge in [-0.15, -0.1) is 0 Å². The zero-order valence-corrected chi connectivity index (χ0v) is 11.0. The lowest BCUT2D eigenvalue weighted by Crippen LogP contribution is -1.98. The summed E-state index contributed by atoms with van der Waals surface area (Å²) in [5.41, 5.74) is 3.07. The maximum atomic E-state index is 11.3. The quantitative estimate of drug-likeness (QED) is 0.762. The first-order valence-corrected chi connectivity index (χ1v) is 6.36. The number of carboxylic acid groups (broad SMARTS) is 1. The Labute approximate surface area is 116 Å². The van der Waals surface area contributed by atoms with Crippen molar-refractivity contribution in [3.05, 3.63) is 65.9 Å². The molecular weight excluding hydrogens is 250 g/mol. The van der Waals surface area contributed by atoms with E-state index < -0.39 is 5.97 Å². The Kier molecular flexibility index (Phi) is 2.95. The highest BCUT2D eigenvalue weighted by atomic mass is 16.4. The predicted octanol–water partition coefficient (Wildman–Crippen LogP) is 3.91. The summed E-state index contributed by atoms with van der Waals surface area (Å²) >= 11 is 0. The molecule has 3 nitrogen and oxygen atoms in total. The Morgan fingerprint density at radius 3 is 2.40 bits per heavy atom. The zero-order valence-electron chi connectivity index (χ0n) is 11.0. The molecule has 1 N–H and O–H groups in total. The number of fused-ring (bicyclic) bond motifs is 1. The fourth-order valence-corrected chi connectivity index (χ4v) is 2.40. The van der Waals surface area contributed by atoms with Gasteiger partial charge in [-0.1, -0.05) is 36.4 Å². The molecule has 0 spiro atoms. The third-order valence-corrected chi connectivity index (χ3v) is 3.32. The van der Waals surface area contributed by atoms with Gasteiger partial charge in [-0.2, -0.15) is 0 Å². The first-order valence-electron chi connectivity index (χ1n) is 6.36. The molecule has 0 fully saturated rings. The van der Waals surface area contributed by atoms with Gasteiger partial charge in [0.05, 0.1) is 11.3 Å². The van der Waals surface area contributed by atoms with Crippen LogP contribution in [0, 0.1) is 6.92 Å². The van der Waals surface area contributed by atoms with Crippen molar-refractivity contribution in [3.8, 4) is 11.3 Å². The highest BCUT2D eigenvalue weighted by Crippen LogP contribution is 2.29. The van der Waals surface area contributed by atoms with E-state index in [9.17, 15) is 9.90 Å². The number of aromatic carboxylic acids is 1. The highest BCUT2D eigenvalue weighted by molar-refractivity contribution is 6.08. The van der Waals surface area contributed by atoms with Crippen molar-refractivity contribution >= 4 is 16.7 Å². The average Bonchev–Trinajstić information content (AvgIpc) is 2.46. The summed E-state index contributed by atoms with van der Waals surface area (Å²) in [7, 11) is 0. The average molecular weight is 263 g/mol. The SMILES string of the molecule is Cc1cccc(-c2ccc(C(=O)O)c3ccccc23)n1. The number of benzene rings is 2. The van der Waals surface area contributed by atoms with Crippen molar-refractivity contribution in [2.75, 3.05) is 0 Å². The van der Waals surface area contributed by atoms with E-state index >= 15 is 0 Å². The van der Waals surface area contributed by atoms with Gasteiger partial charge < -0.3 is 5.11 Å². The van der Waals surface area contributed by atoms with Gasteiger partial charge in [-0.05, 0) is 35.9 Å². The maximum Gasteiger partial charge on any atom is 0.336 e. The van der Waals surface area contributed by atoms with Gasteiger partial charge in [0.15, 0.2) is 0 Å². The molecule has 1 aromatic heterocycles. The second kappa shape index (κ2) is 4.78. The summed E-state index contributed by atoms with van der Waals surface area (Å²) in [4.78, 5) is 15.8. The van der Waals surface area contributed by atoms with Gasteiger partial charge in [-0.25, -0.2) is 4.79 Å². The molecule has 0 aliphatic rings. The van der Waals surface area contributed by atoms with Crippen LogP contribution in [-0.4, -0.2) is 16.1 Å². The number of carboxylic acids is 1. The standard InChI is InChI=1S/C17H13NO2/c1-11-5-4-8-16(18-11)14-9-10-15(17(19)20)13-7-3-2-6-12(13)14/h2-10H,1H3,(H,19,20). The molecule has 0 saturated carbocycles. The molecule has 0 atom stereocenters. The van der Waals surface area contributed by atoms with Crippen LogP contribution >= 0.6 is 0 Å². The third kappa shape index (κ3) is 2.03. The van der Waals surface area contributed by atoms with E-state index in [0.29, 0.717) is 5.56 Å². The molecule has 0 amide bonds. The van der Waals surface area contributed by atoms with Crippen LogP contribution in [0.2, 0.25) is 0 Å². The number of hydrogen-bond acceptors (Lipinski definition) is 2. The lowest BCUT2D eigenvalue weighted by atomic mass is 9.97. The van der Waals surface area contributed by atoms with E-state index in [2.05, 4.69) is 4.98 Å². The molecule has 20 heavy (non-hydrogen) atoms. The molecule has 3 rings (SSSR count). The molecule has 0 saturated heterocycles. The fraction of sp³-hybridized carbons (Fsp3) is 0.0588. The van der Waals surface area contributed by atoms with Crippen LogP contribution in [0.5, 0.6) is 0 Å². The van der Waals surface area contributed by atoms with E-state index in [1.807, 2.05) is 55.5 Å². The topological polar surface area (TPSA) is 50.2 Å². The monoisotopic (exact) mass is 263 g/mol. The van der Waals surface area contributed by atoms with Gasteiger partial charge in [0, 0.05) is 11.3 Å².